The van der Waals surface area contributed by atoms with Gasteiger partial charge in [-0.15, -0.1) is 0 Å². The molecule has 0 amide bonds. The zero-order chi connectivity index (χ0) is 4.12. The Labute approximate surface area is 71.1 Å². The summed E-state index contributed by atoms with van der Waals surface area (Å²) in [6.45, 7) is 1.98. The standard InChI is InChI=1S/C4H8O.Ca.2H/c1-2-3-4-5;;;/h4H,2-3H2,1H3;;;/q;+2;2*-1. The third-order valence-electron chi connectivity index (χ3n) is 0.407. The zero-order valence-corrected chi connectivity index (χ0v) is 6.32. The normalized spacial score (nSPS) is 6.17. The van der Waals surface area contributed by atoms with Crippen molar-refractivity contribution in [1.29, 1.82) is 0 Å². The molecule has 0 unspecified atom stereocenters. The van der Waals surface area contributed by atoms with Crippen molar-refractivity contribution in [3.8, 4) is 0 Å². The number of rotatable bonds is 2. The van der Waals surface area contributed by atoms with E-state index in [1.165, 1.54) is 0 Å². The summed E-state index contributed by atoms with van der Waals surface area (Å²) in [5, 5.41) is 0. The summed E-state index contributed by atoms with van der Waals surface area (Å²) in [4.78, 5) is 9.40. The van der Waals surface area contributed by atoms with Crippen molar-refractivity contribution in [3.05, 3.63) is 0 Å². The van der Waals surface area contributed by atoms with Gasteiger partial charge in [-0.1, -0.05) is 6.92 Å². The Balaban J connectivity index is -0.0000000267. The first-order valence-corrected chi connectivity index (χ1v) is 1.85. The Bertz CT molecular complexity index is 35.2. The molecule has 0 aromatic rings. The SMILES string of the molecule is CCCC=O.[Ca+2].[H-].[H-]. The van der Waals surface area contributed by atoms with Crippen LogP contribution in [-0.2, 0) is 4.79 Å². The van der Waals surface area contributed by atoms with Crippen LogP contribution in [0.1, 0.15) is 22.6 Å². The zero-order valence-electron chi connectivity index (χ0n) is 6.11. The van der Waals surface area contributed by atoms with Crippen LogP contribution in [0.5, 0.6) is 0 Å². The van der Waals surface area contributed by atoms with Crippen molar-refractivity contribution in [1.82, 2.24) is 0 Å². The fourth-order valence-electron chi connectivity index (χ4n) is 0.118. The maximum absolute atomic E-state index is 9.40. The van der Waals surface area contributed by atoms with Crippen molar-refractivity contribution in [2.24, 2.45) is 0 Å². The number of carbonyl (C=O) groups is 1. The molecule has 0 aliphatic carbocycles. The summed E-state index contributed by atoms with van der Waals surface area (Å²) in [6, 6.07) is 0. The molecule has 0 heterocycles. The van der Waals surface area contributed by atoms with Gasteiger partial charge in [-0.3, -0.25) is 0 Å². The summed E-state index contributed by atoms with van der Waals surface area (Å²) in [6.07, 6.45) is 2.61. The van der Waals surface area contributed by atoms with Crippen LogP contribution in [-0.4, -0.2) is 44.0 Å². The van der Waals surface area contributed by atoms with Crippen LogP contribution in [0.3, 0.4) is 0 Å². The van der Waals surface area contributed by atoms with E-state index in [2.05, 4.69) is 0 Å². The van der Waals surface area contributed by atoms with E-state index in [-0.39, 0.29) is 40.6 Å². The molecule has 0 aliphatic heterocycles. The van der Waals surface area contributed by atoms with Gasteiger partial charge in [0, 0.05) is 6.42 Å². The summed E-state index contributed by atoms with van der Waals surface area (Å²) < 4.78 is 0. The van der Waals surface area contributed by atoms with E-state index in [0.29, 0.717) is 6.42 Å². The van der Waals surface area contributed by atoms with E-state index in [4.69, 9.17) is 0 Å². The van der Waals surface area contributed by atoms with Crippen molar-refractivity contribution in [2.75, 3.05) is 0 Å². The fraction of sp³-hybridized carbons (Fsp3) is 0.750. The summed E-state index contributed by atoms with van der Waals surface area (Å²) in [5.74, 6) is 0. The van der Waals surface area contributed by atoms with Gasteiger partial charge in [-0.2, -0.15) is 0 Å². The quantitative estimate of drug-likeness (QED) is 0.384. The second-order valence-corrected chi connectivity index (χ2v) is 0.955. The molecule has 0 aromatic carbocycles. The smallest absolute Gasteiger partial charge is 1.00 e. The molecule has 1 nitrogen and oxygen atoms in total. The second kappa shape index (κ2) is 9.33. The third kappa shape index (κ3) is 8.87. The van der Waals surface area contributed by atoms with Crippen LogP contribution in [0.15, 0.2) is 0 Å². The van der Waals surface area contributed by atoms with E-state index in [0.717, 1.165) is 12.7 Å². The summed E-state index contributed by atoms with van der Waals surface area (Å²) >= 11 is 0. The Morgan fingerprint density at radius 2 is 2.33 bits per heavy atom. The Hall–Kier alpha value is 0.930. The van der Waals surface area contributed by atoms with Gasteiger partial charge in [0.2, 0.25) is 0 Å². The minimum atomic E-state index is 0. The molecule has 0 bridgehead atoms. The van der Waals surface area contributed by atoms with E-state index < -0.39 is 0 Å². The molecule has 0 N–H and O–H groups in total. The van der Waals surface area contributed by atoms with E-state index >= 15 is 0 Å². The molecular formula is C4H10CaO. The van der Waals surface area contributed by atoms with Gasteiger partial charge >= 0.3 is 37.7 Å². The first kappa shape index (κ1) is 10.0. The first-order chi connectivity index (χ1) is 2.41. The summed E-state index contributed by atoms with van der Waals surface area (Å²) in [7, 11) is 0. The van der Waals surface area contributed by atoms with Crippen molar-refractivity contribution in [2.45, 2.75) is 19.8 Å². The van der Waals surface area contributed by atoms with Crippen LogP contribution in [0.25, 0.3) is 0 Å². The predicted octanol–water partition coefficient (Wildman–Crippen LogP) is 0.830. The van der Waals surface area contributed by atoms with Crippen LogP contribution >= 0.6 is 0 Å². The Morgan fingerprint density at radius 3 is 2.33 bits per heavy atom. The largest absolute Gasteiger partial charge is 2.00 e. The predicted molar refractivity (Wildman–Crippen MR) is 28.9 cm³/mol. The molecule has 0 rings (SSSR count). The van der Waals surface area contributed by atoms with E-state index in [1.807, 2.05) is 6.92 Å². The topological polar surface area (TPSA) is 17.1 Å². The van der Waals surface area contributed by atoms with Gasteiger partial charge in [0.25, 0.3) is 0 Å². The molecule has 0 saturated heterocycles. The monoisotopic (exact) mass is 114 g/mol. The molecule has 2 heteroatoms. The van der Waals surface area contributed by atoms with E-state index in [9.17, 15) is 4.79 Å². The summed E-state index contributed by atoms with van der Waals surface area (Å²) in [5.41, 5.74) is 0. The second-order valence-electron chi connectivity index (χ2n) is 0.955. The van der Waals surface area contributed by atoms with E-state index in [1.54, 1.807) is 0 Å². The van der Waals surface area contributed by atoms with Crippen molar-refractivity contribution in [3.63, 3.8) is 0 Å². The van der Waals surface area contributed by atoms with Gasteiger partial charge in [0.15, 0.2) is 0 Å². The average molecular weight is 114 g/mol. The van der Waals surface area contributed by atoms with Crippen molar-refractivity contribution < 1.29 is 7.65 Å². The number of hydrogen-bond donors (Lipinski definition) is 0. The average Bonchev–Trinajstić information content (AvgIpc) is 1.41. The maximum Gasteiger partial charge on any atom is 2.00 e. The fourth-order valence-corrected chi connectivity index (χ4v) is 0.118. The third-order valence-corrected chi connectivity index (χ3v) is 0.407. The van der Waals surface area contributed by atoms with Crippen LogP contribution in [0.4, 0.5) is 0 Å². The van der Waals surface area contributed by atoms with Gasteiger partial charge in [0.05, 0.1) is 0 Å². The molecule has 34 valence electrons. The maximum atomic E-state index is 9.40. The molecule has 0 fully saturated rings. The molecule has 0 aliphatic rings. The molecule has 6 heavy (non-hydrogen) atoms. The number of carbonyl (C=O) groups excluding carboxylic acids is 1. The molecule has 0 radical (unpaired) electrons. The van der Waals surface area contributed by atoms with Crippen LogP contribution < -0.4 is 0 Å². The number of hydrogen-bond acceptors (Lipinski definition) is 1. The molecule has 0 spiro atoms. The van der Waals surface area contributed by atoms with Gasteiger partial charge < -0.3 is 7.65 Å². The molecule has 0 saturated carbocycles. The van der Waals surface area contributed by atoms with Gasteiger partial charge in [0.1, 0.15) is 6.29 Å². The first-order valence-electron chi connectivity index (χ1n) is 1.85. The number of aldehydes is 1. The Kier molecular flexibility index (Phi) is 15.6. The Morgan fingerprint density at radius 1 is 1.83 bits per heavy atom. The minimum absolute atomic E-state index is 0. The van der Waals surface area contributed by atoms with Gasteiger partial charge in [-0.05, 0) is 6.42 Å². The van der Waals surface area contributed by atoms with Crippen molar-refractivity contribution >= 4 is 44.0 Å². The molecule has 0 atom stereocenters. The van der Waals surface area contributed by atoms with Gasteiger partial charge in [-0.25, -0.2) is 0 Å². The minimum Gasteiger partial charge on any atom is -1.00 e. The number of unbranched alkanes of at least 4 members (excludes halogenated alkanes) is 1. The molecular weight excluding hydrogens is 104 g/mol. The molecule has 0 aromatic heterocycles. The van der Waals surface area contributed by atoms with Crippen LogP contribution in [0, 0.1) is 0 Å². The van der Waals surface area contributed by atoms with Crippen LogP contribution in [0.2, 0.25) is 0 Å².